The van der Waals surface area contributed by atoms with Gasteiger partial charge in [-0.05, 0) is 32.3 Å². The summed E-state index contributed by atoms with van der Waals surface area (Å²) in [6.07, 6.45) is 1.18. The van der Waals surface area contributed by atoms with E-state index in [9.17, 15) is 14.7 Å². The minimum Gasteiger partial charge on any atom is -0.394 e. The van der Waals surface area contributed by atoms with Crippen LogP contribution in [0.25, 0.3) is 0 Å². The minimum atomic E-state index is -0.689. The molecule has 6 nitrogen and oxygen atoms in total. The maximum Gasteiger partial charge on any atom is 0.279 e. The molecule has 1 amide bonds. The molecule has 1 rings (SSSR count). The third kappa shape index (κ3) is 2.90. The van der Waals surface area contributed by atoms with Gasteiger partial charge in [-0.1, -0.05) is 13.8 Å². The molecule has 0 aromatic carbocycles. The van der Waals surface area contributed by atoms with Gasteiger partial charge in [-0.2, -0.15) is 5.10 Å². The molecule has 1 aromatic rings. The number of hydrogen-bond acceptors (Lipinski definition) is 4. The first-order valence-corrected chi connectivity index (χ1v) is 6.79. The average Bonchev–Trinajstić information content (AvgIpc) is 2.43. The molecule has 0 spiro atoms. The second kappa shape index (κ2) is 6.17. The Bertz CT molecular complexity index is 551. The summed E-state index contributed by atoms with van der Waals surface area (Å²) in [4.78, 5) is 24.5. The largest absolute Gasteiger partial charge is 0.394 e. The number of nitrogens with zero attached hydrogens (tertiary/aromatic N) is 2. The Balaban J connectivity index is 3.26. The van der Waals surface area contributed by atoms with E-state index in [4.69, 9.17) is 0 Å². The first kappa shape index (κ1) is 16.4. The first-order valence-electron chi connectivity index (χ1n) is 6.79. The molecule has 0 unspecified atom stereocenters. The van der Waals surface area contributed by atoms with Crippen molar-refractivity contribution in [3.63, 3.8) is 0 Å². The molecule has 0 saturated heterocycles. The van der Waals surface area contributed by atoms with Crippen LogP contribution in [0.2, 0.25) is 0 Å². The fourth-order valence-corrected chi connectivity index (χ4v) is 2.11. The van der Waals surface area contributed by atoms with Crippen LogP contribution < -0.4 is 10.9 Å². The number of amides is 1. The lowest BCUT2D eigenvalue weighted by Gasteiger charge is -2.30. The van der Waals surface area contributed by atoms with E-state index in [0.717, 1.165) is 4.68 Å². The van der Waals surface area contributed by atoms with Crippen LogP contribution in [0.4, 0.5) is 0 Å². The van der Waals surface area contributed by atoms with E-state index in [1.54, 1.807) is 13.8 Å². The number of rotatable bonds is 5. The van der Waals surface area contributed by atoms with Crippen molar-refractivity contribution < 1.29 is 9.90 Å². The van der Waals surface area contributed by atoms with E-state index in [2.05, 4.69) is 10.4 Å². The topological polar surface area (TPSA) is 84.2 Å². The molecular formula is C14H23N3O3. The third-order valence-electron chi connectivity index (χ3n) is 3.99. The molecule has 112 valence electrons. The molecule has 0 bridgehead atoms. The predicted molar refractivity (Wildman–Crippen MR) is 76.8 cm³/mol. The second-order valence-corrected chi connectivity index (χ2v) is 5.11. The van der Waals surface area contributed by atoms with Gasteiger partial charge in [0.1, 0.15) is 5.56 Å². The van der Waals surface area contributed by atoms with Crippen molar-refractivity contribution in [1.29, 1.82) is 0 Å². The molecule has 0 atom stereocenters. The van der Waals surface area contributed by atoms with Gasteiger partial charge in [0, 0.05) is 7.05 Å². The highest BCUT2D eigenvalue weighted by Gasteiger charge is 2.29. The lowest BCUT2D eigenvalue weighted by molar-refractivity contribution is 0.0814. The summed E-state index contributed by atoms with van der Waals surface area (Å²) >= 11 is 0. The Morgan fingerprint density at radius 1 is 1.35 bits per heavy atom. The lowest BCUT2D eigenvalue weighted by atomic mass is 9.93. The normalized spacial score (nSPS) is 11.5. The fraction of sp³-hybridized carbons (Fsp3) is 0.643. The predicted octanol–water partition coefficient (Wildman–Crippen LogP) is 0.678. The standard InChI is InChI=1S/C14H23N3O3/c1-6-14(7-2,8-18)15-12(19)11-9(3)10(4)16-17(5)13(11)20/h18H,6-8H2,1-5H3,(H,15,19). The summed E-state index contributed by atoms with van der Waals surface area (Å²) in [5.74, 6) is -0.452. The monoisotopic (exact) mass is 281 g/mol. The maximum atomic E-state index is 12.4. The van der Waals surface area contributed by atoms with Gasteiger partial charge < -0.3 is 10.4 Å². The van der Waals surface area contributed by atoms with E-state index in [1.165, 1.54) is 7.05 Å². The number of aryl methyl sites for hydroxylation is 2. The first-order chi connectivity index (χ1) is 9.31. The van der Waals surface area contributed by atoms with Gasteiger partial charge in [0.2, 0.25) is 0 Å². The van der Waals surface area contributed by atoms with Crippen molar-refractivity contribution in [2.24, 2.45) is 7.05 Å². The molecular weight excluding hydrogens is 258 g/mol. The molecule has 0 aliphatic heterocycles. The number of aliphatic hydroxyl groups is 1. The van der Waals surface area contributed by atoms with Crippen molar-refractivity contribution in [2.45, 2.75) is 46.1 Å². The van der Waals surface area contributed by atoms with Gasteiger partial charge >= 0.3 is 0 Å². The van der Waals surface area contributed by atoms with E-state index < -0.39 is 17.0 Å². The third-order valence-corrected chi connectivity index (χ3v) is 3.99. The molecule has 0 aliphatic carbocycles. The van der Waals surface area contributed by atoms with Gasteiger partial charge in [-0.15, -0.1) is 0 Å². The van der Waals surface area contributed by atoms with Crippen molar-refractivity contribution in [2.75, 3.05) is 6.61 Å². The molecule has 0 aliphatic rings. The SMILES string of the molecule is CCC(CC)(CO)NC(=O)c1c(C)c(C)nn(C)c1=O. The van der Waals surface area contributed by atoms with Crippen LogP contribution in [0.1, 0.15) is 48.3 Å². The summed E-state index contributed by atoms with van der Waals surface area (Å²) in [5.41, 5.74) is 0.194. The van der Waals surface area contributed by atoms with Gasteiger partial charge in [0.15, 0.2) is 0 Å². The van der Waals surface area contributed by atoms with Gasteiger partial charge in [-0.25, -0.2) is 4.68 Å². The number of carbonyl (C=O) groups excluding carboxylic acids is 1. The van der Waals surface area contributed by atoms with Gasteiger partial charge in [0.05, 0.1) is 17.8 Å². The highest BCUT2D eigenvalue weighted by molar-refractivity contribution is 5.95. The van der Waals surface area contributed by atoms with Crippen LogP contribution in [0.15, 0.2) is 4.79 Å². The Morgan fingerprint density at radius 3 is 2.35 bits per heavy atom. The number of hydrogen-bond donors (Lipinski definition) is 2. The summed E-state index contributed by atoms with van der Waals surface area (Å²) in [7, 11) is 1.52. The second-order valence-electron chi connectivity index (χ2n) is 5.11. The molecule has 20 heavy (non-hydrogen) atoms. The van der Waals surface area contributed by atoms with Crippen LogP contribution in [-0.2, 0) is 7.05 Å². The van der Waals surface area contributed by atoms with Crippen LogP contribution in [0, 0.1) is 13.8 Å². The molecule has 1 aromatic heterocycles. The Kier molecular flexibility index (Phi) is 5.05. The zero-order valence-electron chi connectivity index (χ0n) is 12.8. The van der Waals surface area contributed by atoms with Crippen LogP contribution in [0.3, 0.4) is 0 Å². The van der Waals surface area contributed by atoms with E-state index >= 15 is 0 Å². The van der Waals surface area contributed by atoms with Crippen molar-refractivity contribution >= 4 is 5.91 Å². The van der Waals surface area contributed by atoms with E-state index in [-0.39, 0.29) is 12.2 Å². The summed E-state index contributed by atoms with van der Waals surface area (Å²) in [6, 6.07) is 0. The van der Waals surface area contributed by atoms with Crippen LogP contribution in [0.5, 0.6) is 0 Å². The minimum absolute atomic E-state index is 0.0970. The Labute approximate surface area is 118 Å². The van der Waals surface area contributed by atoms with Crippen molar-refractivity contribution in [1.82, 2.24) is 15.1 Å². The van der Waals surface area contributed by atoms with Crippen molar-refractivity contribution in [3.8, 4) is 0 Å². The molecule has 0 radical (unpaired) electrons. The van der Waals surface area contributed by atoms with Crippen LogP contribution >= 0.6 is 0 Å². The summed E-state index contributed by atoms with van der Waals surface area (Å²) in [6.45, 7) is 7.09. The fourth-order valence-electron chi connectivity index (χ4n) is 2.11. The number of aliphatic hydroxyl groups excluding tert-OH is 1. The Morgan fingerprint density at radius 2 is 1.90 bits per heavy atom. The number of aromatic nitrogens is 2. The molecule has 0 saturated carbocycles. The Hall–Kier alpha value is -1.69. The average molecular weight is 281 g/mol. The zero-order valence-corrected chi connectivity index (χ0v) is 12.8. The quantitative estimate of drug-likeness (QED) is 0.831. The van der Waals surface area contributed by atoms with Crippen LogP contribution in [-0.4, -0.2) is 32.9 Å². The highest BCUT2D eigenvalue weighted by Crippen LogP contribution is 2.16. The smallest absolute Gasteiger partial charge is 0.279 e. The molecule has 2 N–H and O–H groups in total. The van der Waals surface area contributed by atoms with Gasteiger partial charge in [-0.3, -0.25) is 9.59 Å². The van der Waals surface area contributed by atoms with E-state index in [0.29, 0.717) is 24.1 Å². The highest BCUT2D eigenvalue weighted by atomic mass is 16.3. The van der Waals surface area contributed by atoms with E-state index in [1.807, 2.05) is 13.8 Å². The number of carbonyl (C=O) groups is 1. The summed E-state index contributed by atoms with van der Waals surface area (Å²) < 4.78 is 1.16. The molecule has 6 heteroatoms. The number of nitrogens with one attached hydrogen (secondary N) is 1. The van der Waals surface area contributed by atoms with Crippen molar-refractivity contribution in [3.05, 3.63) is 27.2 Å². The summed E-state index contributed by atoms with van der Waals surface area (Å²) in [5, 5.41) is 16.4. The molecule has 1 heterocycles. The van der Waals surface area contributed by atoms with Gasteiger partial charge in [0.25, 0.3) is 11.5 Å². The molecule has 0 fully saturated rings. The lowest BCUT2D eigenvalue weighted by Crippen LogP contribution is -2.52. The maximum absolute atomic E-state index is 12.4. The zero-order chi connectivity index (χ0) is 15.5.